The Hall–Kier alpha value is -3.11. The fourth-order valence-corrected chi connectivity index (χ4v) is 2.89. The van der Waals surface area contributed by atoms with Crippen molar-refractivity contribution in [2.24, 2.45) is 0 Å². The van der Waals surface area contributed by atoms with Gasteiger partial charge in [-0.05, 0) is 49.2 Å². The molecule has 0 aliphatic carbocycles. The van der Waals surface area contributed by atoms with E-state index in [0.717, 1.165) is 37.3 Å². The Morgan fingerprint density at radius 1 is 1.20 bits per heavy atom. The van der Waals surface area contributed by atoms with Gasteiger partial charge < -0.3 is 15.3 Å². The van der Waals surface area contributed by atoms with Gasteiger partial charge in [0.05, 0.1) is 22.7 Å². The lowest BCUT2D eigenvalue weighted by Gasteiger charge is -2.31. The van der Waals surface area contributed by atoms with Gasteiger partial charge in [-0.1, -0.05) is 0 Å². The third-order valence-corrected chi connectivity index (χ3v) is 4.30. The molecule has 128 valence electrons. The van der Waals surface area contributed by atoms with Crippen LogP contribution in [0, 0.1) is 21.4 Å². The zero-order valence-corrected chi connectivity index (χ0v) is 13.6. The van der Waals surface area contributed by atoms with Crippen LogP contribution in [0.3, 0.4) is 0 Å². The van der Waals surface area contributed by atoms with Gasteiger partial charge in [0.25, 0.3) is 5.69 Å². The number of aliphatic hydroxyl groups is 1. The molecule has 0 unspecified atom stereocenters. The molecule has 1 aliphatic heterocycles. The van der Waals surface area contributed by atoms with E-state index in [1.165, 1.54) is 12.1 Å². The first-order valence-corrected chi connectivity index (χ1v) is 8.05. The lowest BCUT2D eigenvalue weighted by molar-refractivity contribution is -0.383. The summed E-state index contributed by atoms with van der Waals surface area (Å²) in [7, 11) is 0. The molecule has 1 saturated heterocycles. The summed E-state index contributed by atoms with van der Waals surface area (Å²) >= 11 is 0. The van der Waals surface area contributed by atoms with E-state index in [2.05, 4.69) is 10.2 Å². The SMILES string of the molecule is N#Cc1ccc(Nc2ccc(N3CCC(O)CC3)cc2)c([N+](=O)[O-])c1. The maximum atomic E-state index is 11.2. The van der Waals surface area contributed by atoms with E-state index in [9.17, 15) is 15.2 Å². The van der Waals surface area contributed by atoms with Crippen molar-refractivity contribution >= 4 is 22.7 Å². The summed E-state index contributed by atoms with van der Waals surface area (Å²) in [6, 6.07) is 13.9. The highest BCUT2D eigenvalue weighted by Crippen LogP contribution is 2.29. The zero-order chi connectivity index (χ0) is 17.8. The van der Waals surface area contributed by atoms with Gasteiger partial charge in [-0.15, -0.1) is 0 Å². The first kappa shape index (κ1) is 16.7. The number of anilines is 3. The molecule has 0 atom stereocenters. The Kier molecular flexibility index (Phi) is 4.82. The molecule has 0 radical (unpaired) electrons. The van der Waals surface area contributed by atoms with Crippen molar-refractivity contribution in [2.45, 2.75) is 18.9 Å². The van der Waals surface area contributed by atoms with Crippen LogP contribution in [0.5, 0.6) is 0 Å². The second kappa shape index (κ2) is 7.20. The summed E-state index contributed by atoms with van der Waals surface area (Å²) in [6.07, 6.45) is 1.31. The molecule has 2 aromatic rings. The number of benzene rings is 2. The molecule has 3 rings (SSSR count). The first-order valence-electron chi connectivity index (χ1n) is 8.05. The van der Waals surface area contributed by atoms with Crippen molar-refractivity contribution in [3.05, 3.63) is 58.1 Å². The topological polar surface area (TPSA) is 102 Å². The Balaban J connectivity index is 1.76. The predicted molar refractivity (Wildman–Crippen MR) is 95.0 cm³/mol. The predicted octanol–water partition coefficient (Wildman–Crippen LogP) is 3.17. The molecule has 2 N–H and O–H groups in total. The summed E-state index contributed by atoms with van der Waals surface area (Å²) in [5.74, 6) is 0. The Labute approximate surface area is 145 Å². The lowest BCUT2D eigenvalue weighted by Crippen LogP contribution is -2.35. The van der Waals surface area contributed by atoms with Gasteiger partial charge in [-0.25, -0.2) is 0 Å². The molecule has 7 heteroatoms. The van der Waals surface area contributed by atoms with Gasteiger partial charge in [0.15, 0.2) is 0 Å². The summed E-state index contributed by atoms with van der Waals surface area (Å²) in [6.45, 7) is 1.63. The van der Waals surface area contributed by atoms with Crippen molar-refractivity contribution in [3.63, 3.8) is 0 Å². The second-order valence-electron chi connectivity index (χ2n) is 5.99. The van der Waals surface area contributed by atoms with Gasteiger partial charge in [0.1, 0.15) is 5.69 Å². The molecule has 0 bridgehead atoms. The molecule has 25 heavy (non-hydrogen) atoms. The highest BCUT2D eigenvalue weighted by atomic mass is 16.6. The second-order valence-corrected chi connectivity index (χ2v) is 5.99. The molecule has 7 nitrogen and oxygen atoms in total. The summed E-state index contributed by atoms with van der Waals surface area (Å²) < 4.78 is 0. The number of nitriles is 1. The van der Waals surface area contributed by atoms with Gasteiger partial charge in [-0.2, -0.15) is 5.26 Å². The maximum Gasteiger partial charge on any atom is 0.293 e. The molecule has 1 fully saturated rings. The van der Waals surface area contributed by atoms with Crippen molar-refractivity contribution in [1.82, 2.24) is 0 Å². The molecule has 0 spiro atoms. The molecule has 0 aromatic heterocycles. The fourth-order valence-electron chi connectivity index (χ4n) is 2.89. The van der Waals surface area contributed by atoms with Gasteiger partial charge in [-0.3, -0.25) is 10.1 Å². The minimum absolute atomic E-state index is 0.131. The number of nitro groups is 1. The van der Waals surface area contributed by atoms with E-state index in [4.69, 9.17) is 5.26 Å². The number of aliphatic hydroxyl groups excluding tert-OH is 1. The number of hydrogen-bond acceptors (Lipinski definition) is 6. The smallest absolute Gasteiger partial charge is 0.293 e. The molecule has 0 amide bonds. The third kappa shape index (κ3) is 3.87. The number of hydrogen-bond donors (Lipinski definition) is 2. The first-order chi connectivity index (χ1) is 12.1. The van der Waals surface area contributed by atoms with Gasteiger partial charge in [0, 0.05) is 30.5 Å². The summed E-state index contributed by atoms with van der Waals surface area (Å²) in [5, 5.41) is 32.7. The minimum atomic E-state index is -0.503. The van der Waals surface area contributed by atoms with E-state index in [1.807, 2.05) is 30.3 Å². The Morgan fingerprint density at radius 2 is 1.88 bits per heavy atom. The van der Waals surface area contributed by atoms with Crippen LogP contribution in [0.25, 0.3) is 0 Å². The molecule has 2 aromatic carbocycles. The Bertz CT molecular complexity index is 806. The van der Waals surface area contributed by atoms with Crippen LogP contribution in [0.4, 0.5) is 22.7 Å². The van der Waals surface area contributed by atoms with Gasteiger partial charge >= 0.3 is 0 Å². The van der Waals surface area contributed by atoms with Crippen molar-refractivity contribution in [3.8, 4) is 6.07 Å². The lowest BCUT2D eigenvalue weighted by atomic mass is 10.1. The number of piperidine rings is 1. The molecule has 1 heterocycles. The van der Waals surface area contributed by atoms with Crippen molar-refractivity contribution < 1.29 is 10.0 Å². The highest BCUT2D eigenvalue weighted by Gasteiger charge is 2.18. The normalized spacial score (nSPS) is 14.8. The largest absolute Gasteiger partial charge is 0.393 e. The zero-order valence-electron chi connectivity index (χ0n) is 13.6. The molecule has 1 aliphatic rings. The standard InChI is InChI=1S/C18H18N4O3/c19-12-13-1-6-17(18(11-13)22(24)25)20-14-2-4-15(5-3-14)21-9-7-16(23)8-10-21/h1-6,11,16,20,23H,7-10H2. The van der Waals surface area contributed by atoms with E-state index in [0.29, 0.717) is 5.69 Å². The van der Waals surface area contributed by atoms with Crippen LogP contribution in [-0.4, -0.2) is 29.2 Å². The van der Waals surface area contributed by atoms with Crippen LogP contribution < -0.4 is 10.2 Å². The fraction of sp³-hybridized carbons (Fsp3) is 0.278. The van der Waals surface area contributed by atoms with E-state index < -0.39 is 4.92 Å². The number of nitrogens with zero attached hydrogens (tertiary/aromatic N) is 3. The highest BCUT2D eigenvalue weighted by molar-refractivity contribution is 5.71. The van der Waals surface area contributed by atoms with Crippen LogP contribution in [0.1, 0.15) is 18.4 Å². The van der Waals surface area contributed by atoms with Crippen LogP contribution >= 0.6 is 0 Å². The average molecular weight is 338 g/mol. The molecular formula is C18H18N4O3. The minimum Gasteiger partial charge on any atom is -0.393 e. The van der Waals surface area contributed by atoms with Crippen LogP contribution in [0.2, 0.25) is 0 Å². The maximum absolute atomic E-state index is 11.2. The van der Waals surface area contributed by atoms with E-state index in [1.54, 1.807) is 6.07 Å². The van der Waals surface area contributed by atoms with Crippen LogP contribution in [-0.2, 0) is 0 Å². The summed E-state index contributed by atoms with van der Waals surface area (Å²) in [4.78, 5) is 12.9. The monoisotopic (exact) mass is 338 g/mol. The number of nitrogens with one attached hydrogen (secondary N) is 1. The summed E-state index contributed by atoms with van der Waals surface area (Å²) in [5.41, 5.74) is 2.26. The Morgan fingerprint density at radius 3 is 2.48 bits per heavy atom. The number of nitro benzene ring substituents is 1. The van der Waals surface area contributed by atoms with Crippen molar-refractivity contribution in [1.29, 1.82) is 5.26 Å². The van der Waals surface area contributed by atoms with E-state index >= 15 is 0 Å². The molecule has 0 saturated carbocycles. The quantitative estimate of drug-likeness (QED) is 0.656. The van der Waals surface area contributed by atoms with Crippen LogP contribution in [0.15, 0.2) is 42.5 Å². The third-order valence-electron chi connectivity index (χ3n) is 4.30. The van der Waals surface area contributed by atoms with E-state index in [-0.39, 0.29) is 17.4 Å². The van der Waals surface area contributed by atoms with Crippen molar-refractivity contribution in [2.75, 3.05) is 23.3 Å². The molecular weight excluding hydrogens is 320 g/mol. The average Bonchev–Trinajstić information content (AvgIpc) is 2.63. The van der Waals surface area contributed by atoms with Gasteiger partial charge in [0.2, 0.25) is 0 Å². The number of rotatable bonds is 4.